The van der Waals surface area contributed by atoms with Crippen LogP contribution in [-0.2, 0) is 11.4 Å². The summed E-state index contributed by atoms with van der Waals surface area (Å²) >= 11 is 0. The lowest BCUT2D eigenvalue weighted by molar-refractivity contribution is -0.142. The maximum absolute atomic E-state index is 11.9. The molecule has 30 heavy (non-hydrogen) atoms. The van der Waals surface area contributed by atoms with Gasteiger partial charge in [0.25, 0.3) is 0 Å². The monoisotopic (exact) mass is 401 g/mol. The average Bonchev–Trinajstić information content (AvgIpc) is 3.23. The van der Waals surface area contributed by atoms with Crippen LogP contribution >= 0.6 is 0 Å². The number of hydrogen-bond donors (Lipinski definition) is 1. The molecule has 2 unspecified atom stereocenters. The second kappa shape index (κ2) is 9.14. The molecule has 1 aliphatic rings. The van der Waals surface area contributed by atoms with Gasteiger partial charge in [0.05, 0.1) is 6.04 Å². The first kappa shape index (κ1) is 20.2. The SMILES string of the molecule is Cc1cccc(C(c2cccc(OCc3ccccc3)c2)N2CCCC2C(=O)O)c1. The Hall–Kier alpha value is -3.11. The fourth-order valence-electron chi connectivity index (χ4n) is 4.29. The van der Waals surface area contributed by atoms with E-state index in [0.717, 1.165) is 35.4 Å². The largest absolute Gasteiger partial charge is 0.489 e. The molecule has 0 saturated carbocycles. The van der Waals surface area contributed by atoms with Crippen molar-refractivity contribution in [2.45, 2.75) is 38.5 Å². The Morgan fingerprint density at radius 1 is 1.03 bits per heavy atom. The summed E-state index contributed by atoms with van der Waals surface area (Å²) in [7, 11) is 0. The van der Waals surface area contributed by atoms with E-state index in [1.165, 1.54) is 5.56 Å². The molecular weight excluding hydrogens is 374 g/mol. The lowest BCUT2D eigenvalue weighted by atomic mass is 9.95. The average molecular weight is 402 g/mol. The van der Waals surface area contributed by atoms with Crippen LogP contribution in [0.4, 0.5) is 0 Å². The van der Waals surface area contributed by atoms with Crippen LogP contribution < -0.4 is 4.74 Å². The Labute approximate surface area is 177 Å². The Balaban J connectivity index is 1.66. The van der Waals surface area contributed by atoms with E-state index in [0.29, 0.717) is 13.0 Å². The van der Waals surface area contributed by atoms with Gasteiger partial charge in [0.1, 0.15) is 18.4 Å². The molecule has 1 N–H and O–H groups in total. The number of carboxylic acid groups (broad SMARTS) is 1. The summed E-state index contributed by atoms with van der Waals surface area (Å²) < 4.78 is 6.04. The minimum absolute atomic E-state index is 0.117. The number of likely N-dealkylation sites (tertiary alicyclic amines) is 1. The molecule has 3 aromatic rings. The van der Waals surface area contributed by atoms with Gasteiger partial charge in [-0.25, -0.2) is 0 Å². The minimum Gasteiger partial charge on any atom is -0.489 e. The van der Waals surface area contributed by atoms with Gasteiger partial charge >= 0.3 is 5.97 Å². The number of nitrogens with zero attached hydrogens (tertiary/aromatic N) is 1. The van der Waals surface area contributed by atoms with E-state index in [2.05, 4.69) is 36.1 Å². The van der Waals surface area contributed by atoms with Gasteiger partial charge in [0.2, 0.25) is 0 Å². The first-order chi connectivity index (χ1) is 14.6. The number of aliphatic carboxylic acids is 1. The standard InChI is InChI=1S/C26H27NO3/c1-19-8-5-11-21(16-19)25(27-15-7-14-24(27)26(28)29)22-12-6-13-23(17-22)30-18-20-9-3-2-4-10-20/h2-6,8-13,16-17,24-25H,7,14-15,18H2,1H3,(H,28,29). The zero-order chi connectivity index (χ0) is 20.9. The highest BCUT2D eigenvalue weighted by molar-refractivity contribution is 5.74. The summed E-state index contributed by atoms with van der Waals surface area (Å²) in [6.07, 6.45) is 1.57. The fraction of sp³-hybridized carbons (Fsp3) is 0.269. The Morgan fingerprint density at radius 2 is 1.77 bits per heavy atom. The predicted octanol–water partition coefficient (Wildman–Crippen LogP) is 5.21. The second-order valence-electron chi connectivity index (χ2n) is 7.90. The molecule has 1 saturated heterocycles. The molecule has 0 amide bonds. The van der Waals surface area contributed by atoms with Crippen molar-refractivity contribution in [2.75, 3.05) is 6.54 Å². The van der Waals surface area contributed by atoms with E-state index in [4.69, 9.17) is 4.74 Å². The van der Waals surface area contributed by atoms with E-state index >= 15 is 0 Å². The predicted molar refractivity (Wildman–Crippen MR) is 118 cm³/mol. The number of benzene rings is 3. The third-order valence-electron chi connectivity index (χ3n) is 5.69. The summed E-state index contributed by atoms with van der Waals surface area (Å²) in [6.45, 7) is 3.34. The zero-order valence-corrected chi connectivity index (χ0v) is 17.2. The molecule has 0 bridgehead atoms. The molecule has 0 aromatic heterocycles. The topological polar surface area (TPSA) is 49.8 Å². The summed E-state index contributed by atoms with van der Waals surface area (Å²) in [5, 5.41) is 9.78. The van der Waals surface area contributed by atoms with Gasteiger partial charge < -0.3 is 9.84 Å². The molecular formula is C26H27NO3. The van der Waals surface area contributed by atoms with Crippen molar-refractivity contribution >= 4 is 5.97 Å². The molecule has 4 nitrogen and oxygen atoms in total. The van der Waals surface area contributed by atoms with Gasteiger partial charge in [-0.2, -0.15) is 0 Å². The first-order valence-corrected chi connectivity index (χ1v) is 10.4. The van der Waals surface area contributed by atoms with Gasteiger partial charge in [-0.1, -0.05) is 72.3 Å². The molecule has 2 atom stereocenters. The molecule has 0 spiro atoms. The number of carbonyl (C=O) groups is 1. The van der Waals surface area contributed by atoms with Crippen molar-refractivity contribution in [1.82, 2.24) is 4.90 Å². The van der Waals surface area contributed by atoms with Gasteiger partial charge in [-0.05, 0) is 48.6 Å². The molecule has 4 heteroatoms. The van der Waals surface area contributed by atoms with Crippen LogP contribution in [0, 0.1) is 6.92 Å². The number of ether oxygens (including phenoxy) is 1. The highest BCUT2D eigenvalue weighted by Crippen LogP contribution is 2.36. The zero-order valence-electron chi connectivity index (χ0n) is 17.2. The maximum atomic E-state index is 11.9. The summed E-state index contributed by atoms with van der Waals surface area (Å²) in [4.78, 5) is 14.0. The Morgan fingerprint density at radius 3 is 2.50 bits per heavy atom. The summed E-state index contributed by atoms with van der Waals surface area (Å²) in [6, 6.07) is 25.9. The van der Waals surface area contributed by atoms with Crippen LogP contribution in [0.2, 0.25) is 0 Å². The number of hydrogen-bond acceptors (Lipinski definition) is 3. The molecule has 3 aromatic carbocycles. The van der Waals surface area contributed by atoms with E-state index in [1.807, 2.05) is 54.6 Å². The third kappa shape index (κ3) is 4.55. The lowest BCUT2D eigenvalue weighted by Crippen LogP contribution is -2.39. The van der Waals surface area contributed by atoms with Crippen molar-refractivity contribution in [1.29, 1.82) is 0 Å². The smallest absolute Gasteiger partial charge is 0.320 e. The first-order valence-electron chi connectivity index (χ1n) is 10.4. The van der Waals surface area contributed by atoms with E-state index in [9.17, 15) is 9.90 Å². The second-order valence-corrected chi connectivity index (χ2v) is 7.90. The van der Waals surface area contributed by atoms with Crippen LogP contribution in [0.15, 0.2) is 78.9 Å². The van der Waals surface area contributed by atoms with Gasteiger partial charge in [-0.15, -0.1) is 0 Å². The summed E-state index contributed by atoms with van der Waals surface area (Å²) in [5.41, 5.74) is 4.45. The third-order valence-corrected chi connectivity index (χ3v) is 5.69. The molecule has 1 heterocycles. The van der Waals surface area contributed by atoms with Gasteiger partial charge in [0, 0.05) is 6.54 Å². The molecule has 0 radical (unpaired) electrons. The lowest BCUT2D eigenvalue weighted by Gasteiger charge is -2.32. The maximum Gasteiger partial charge on any atom is 0.320 e. The molecule has 4 rings (SSSR count). The van der Waals surface area contributed by atoms with Crippen LogP contribution in [0.1, 0.15) is 41.1 Å². The van der Waals surface area contributed by atoms with Gasteiger partial charge in [-0.3, -0.25) is 9.69 Å². The Bertz CT molecular complexity index is 1000. The molecule has 0 aliphatic carbocycles. The van der Waals surface area contributed by atoms with E-state index in [1.54, 1.807) is 0 Å². The van der Waals surface area contributed by atoms with Crippen LogP contribution in [0.25, 0.3) is 0 Å². The quantitative estimate of drug-likeness (QED) is 0.590. The van der Waals surface area contributed by atoms with Crippen molar-refractivity contribution in [2.24, 2.45) is 0 Å². The molecule has 154 valence electrons. The van der Waals surface area contributed by atoms with Gasteiger partial charge in [0.15, 0.2) is 0 Å². The number of aryl methyl sites for hydroxylation is 1. The van der Waals surface area contributed by atoms with Crippen molar-refractivity contribution in [3.63, 3.8) is 0 Å². The van der Waals surface area contributed by atoms with Crippen LogP contribution in [-0.4, -0.2) is 28.6 Å². The fourth-order valence-corrected chi connectivity index (χ4v) is 4.29. The molecule has 1 aliphatic heterocycles. The number of carboxylic acids is 1. The number of rotatable bonds is 7. The normalized spacial score (nSPS) is 17.6. The molecule has 1 fully saturated rings. The van der Waals surface area contributed by atoms with E-state index in [-0.39, 0.29) is 6.04 Å². The van der Waals surface area contributed by atoms with Crippen LogP contribution in [0.3, 0.4) is 0 Å². The van der Waals surface area contributed by atoms with Crippen molar-refractivity contribution in [3.8, 4) is 5.75 Å². The van der Waals surface area contributed by atoms with Crippen LogP contribution in [0.5, 0.6) is 5.75 Å². The highest BCUT2D eigenvalue weighted by atomic mass is 16.5. The minimum atomic E-state index is -0.748. The van der Waals surface area contributed by atoms with E-state index < -0.39 is 12.0 Å². The summed E-state index contributed by atoms with van der Waals surface area (Å²) in [5.74, 6) is 0.0433. The van der Waals surface area contributed by atoms with Crippen molar-refractivity contribution < 1.29 is 14.6 Å². The van der Waals surface area contributed by atoms with Crippen molar-refractivity contribution in [3.05, 3.63) is 101 Å². The highest BCUT2D eigenvalue weighted by Gasteiger charge is 2.36. The Kier molecular flexibility index (Phi) is 6.15.